The molecule has 2 aromatic carbocycles. The third kappa shape index (κ3) is 4.35. The number of rotatable bonds is 6. The van der Waals surface area contributed by atoms with Crippen molar-refractivity contribution >= 4 is 0 Å². The van der Waals surface area contributed by atoms with E-state index in [9.17, 15) is 0 Å². The van der Waals surface area contributed by atoms with Gasteiger partial charge in [-0.05, 0) is 41.3 Å². The molecule has 24 heavy (non-hydrogen) atoms. The van der Waals surface area contributed by atoms with Gasteiger partial charge >= 0.3 is 0 Å². The Bertz CT molecular complexity index is 625. The molecule has 0 heterocycles. The van der Waals surface area contributed by atoms with E-state index in [-0.39, 0.29) is 31.3 Å². The van der Waals surface area contributed by atoms with Crippen LogP contribution >= 0.6 is 0 Å². The molecule has 0 fully saturated rings. The first-order chi connectivity index (χ1) is 10.9. The van der Waals surface area contributed by atoms with Gasteiger partial charge in [0, 0.05) is 25.4 Å². The number of hydrogen-bond donors (Lipinski definition) is 2. The van der Waals surface area contributed by atoms with Crippen LogP contribution in [-0.4, -0.2) is 14.2 Å². The second-order valence-electron chi connectivity index (χ2n) is 6.16. The van der Waals surface area contributed by atoms with Crippen LogP contribution in [0.2, 0.25) is 0 Å². The number of methoxy groups -OCH3 is 2. The van der Waals surface area contributed by atoms with Crippen LogP contribution in [0.3, 0.4) is 0 Å². The minimum atomic E-state index is -0.977. The fourth-order valence-electron chi connectivity index (χ4n) is 3.08. The predicted molar refractivity (Wildman–Crippen MR) is 93.6 cm³/mol. The molecule has 0 aliphatic rings. The standard InChI is InChI=1S/C19H26N2O2.Ru/c1-13(2)18(14-5-9-16(22-3)10-6-14)19(20,21)15-7-11-17(23-4)12-8-15;/h5-13,18H,20-21H2,1-4H3;. The van der Waals surface area contributed by atoms with Crippen molar-refractivity contribution in [1.29, 1.82) is 0 Å². The zero-order chi connectivity index (χ0) is 17.0. The Morgan fingerprint density at radius 3 is 1.58 bits per heavy atom. The summed E-state index contributed by atoms with van der Waals surface area (Å²) in [5.41, 5.74) is 14.2. The Morgan fingerprint density at radius 2 is 1.21 bits per heavy atom. The fraction of sp³-hybridized carbons (Fsp3) is 0.368. The van der Waals surface area contributed by atoms with Gasteiger partial charge in [-0.3, -0.25) is 0 Å². The molecule has 1 unspecified atom stereocenters. The van der Waals surface area contributed by atoms with E-state index in [4.69, 9.17) is 20.9 Å². The summed E-state index contributed by atoms with van der Waals surface area (Å²) in [5, 5.41) is 0. The SMILES string of the molecule is COc1ccc(C(C(C)C)C(N)(N)c2ccc(OC)cc2)cc1.[Ru]. The molecule has 132 valence electrons. The van der Waals surface area contributed by atoms with Crippen molar-refractivity contribution in [3.8, 4) is 11.5 Å². The van der Waals surface area contributed by atoms with Gasteiger partial charge in [0.15, 0.2) is 0 Å². The molecule has 0 aliphatic heterocycles. The first-order valence-corrected chi connectivity index (χ1v) is 7.76. The van der Waals surface area contributed by atoms with E-state index in [1.54, 1.807) is 14.2 Å². The van der Waals surface area contributed by atoms with E-state index in [2.05, 4.69) is 13.8 Å². The molecule has 0 aliphatic carbocycles. The van der Waals surface area contributed by atoms with E-state index in [0.717, 1.165) is 22.6 Å². The van der Waals surface area contributed by atoms with E-state index < -0.39 is 5.66 Å². The minimum Gasteiger partial charge on any atom is -0.497 e. The minimum absolute atomic E-state index is 0. The second-order valence-corrected chi connectivity index (χ2v) is 6.16. The van der Waals surface area contributed by atoms with Crippen LogP contribution < -0.4 is 20.9 Å². The van der Waals surface area contributed by atoms with Crippen LogP contribution in [0.1, 0.15) is 30.9 Å². The van der Waals surface area contributed by atoms with Gasteiger partial charge in [-0.15, -0.1) is 0 Å². The van der Waals surface area contributed by atoms with E-state index in [0.29, 0.717) is 0 Å². The molecule has 2 aromatic rings. The summed E-state index contributed by atoms with van der Waals surface area (Å²) in [6, 6.07) is 15.6. The van der Waals surface area contributed by atoms with Gasteiger partial charge < -0.3 is 20.9 Å². The average molecular weight is 415 g/mol. The summed E-state index contributed by atoms with van der Waals surface area (Å²) in [6.45, 7) is 4.26. The first-order valence-electron chi connectivity index (χ1n) is 7.76. The molecule has 0 saturated heterocycles. The molecular weight excluding hydrogens is 389 g/mol. The van der Waals surface area contributed by atoms with E-state index in [1.807, 2.05) is 48.5 Å². The molecule has 1 atom stereocenters. The molecule has 0 radical (unpaired) electrons. The maximum atomic E-state index is 6.58. The Hall–Kier alpha value is -1.42. The molecule has 5 heteroatoms. The van der Waals surface area contributed by atoms with Crippen LogP contribution in [0.4, 0.5) is 0 Å². The monoisotopic (exact) mass is 416 g/mol. The van der Waals surface area contributed by atoms with Crippen molar-refractivity contribution in [1.82, 2.24) is 0 Å². The summed E-state index contributed by atoms with van der Waals surface area (Å²) >= 11 is 0. The van der Waals surface area contributed by atoms with Crippen molar-refractivity contribution in [2.75, 3.05) is 14.2 Å². The third-order valence-corrected chi connectivity index (χ3v) is 4.25. The number of hydrogen-bond acceptors (Lipinski definition) is 4. The van der Waals surface area contributed by atoms with Crippen molar-refractivity contribution in [3.63, 3.8) is 0 Å². The predicted octanol–water partition coefficient (Wildman–Crippen LogP) is 3.21. The molecule has 0 saturated carbocycles. The maximum Gasteiger partial charge on any atom is 0.118 e. The number of nitrogens with two attached hydrogens (primary N) is 2. The average Bonchev–Trinajstić information content (AvgIpc) is 2.55. The van der Waals surface area contributed by atoms with Crippen molar-refractivity contribution < 1.29 is 29.0 Å². The first kappa shape index (κ1) is 20.6. The number of ether oxygens (including phenoxy) is 2. The topological polar surface area (TPSA) is 70.5 Å². The Labute approximate surface area is 157 Å². The van der Waals surface area contributed by atoms with Crippen LogP contribution in [0.15, 0.2) is 48.5 Å². The molecule has 4 N–H and O–H groups in total. The summed E-state index contributed by atoms with van der Waals surface area (Å²) < 4.78 is 10.4. The molecule has 0 spiro atoms. The number of benzene rings is 2. The summed E-state index contributed by atoms with van der Waals surface area (Å²) in [5.74, 6) is 1.86. The third-order valence-electron chi connectivity index (χ3n) is 4.25. The Kier molecular flexibility index (Phi) is 7.40. The van der Waals surface area contributed by atoms with Crippen molar-refractivity contribution in [3.05, 3.63) is 59.7 Å². The van der Waals surface area contributed by atoms with E-state index in [1.165, 1.54) is 0 Å². The van der Waals surface area contributed by atoms with Gasteiger partial charge in [-0.1, -0.05) is 38.1 Å². The molecule has 2 rings (SSSR count). The zero-order valence-corrected chi connectivity index (χ0v) is 16.3. The van der Waals surface area contributed by atoms with Gasteiger partial charge in [0.1, 0.15) is 11.5 Å². The summed E-state index contributed by atoms with van der Waals surface area (Å²) in [4.78, 5) is 0. The zero-order valence-electron chi connectivity index (χ0n) is 14.6. The largest absolute Gasteiger partial charge is 0.497 e. The van der Waals surface area contributed by atoms with Crippen LogP contribution in [0.5, 0.6) is 11.5 Å². The smallest absolute Gasteiger partial charge is 0.118 e. The molecule has 4 nitrogen and oxygen atoms in total. The van der Waals surface area contributed by atoms with Crippen LogP contribution in [-0.2, 0) is 25.1 Å². The van der Waals surface area contributed by atoms with Gasteiger partial charge in [-0.25, -0.2) is 0 Å². The fourth-order valence-corrected chi connectivity index (χ4v) is 3.08. The molecule has 0 amide bonds. The Balaban J connectivity index is 0.00000288. The van der Waals surface area contributed by atoms with Crippen LogP contribution in [0.25, 0.3) is 0 Å². The summed E-state index contributed by atoms with van der Waals surface area (Å²) in [7, 11) is 3.30. The molecular formula is C19H26N2O2Ru. The van der Waals surface area contributed by atoms with Crippen LogP contribution in [0, 0.1) is 5.92 Å². The van der Waals surface area contributed by atoms with Gasteiger partial charge in [0.25, 0.3) is 0 Å². The van der Waals surface area contributed by atoms with E-state index >= 15 is 0 Å². The molecule has 0 aromatic heterocycles. The second kappa shape index (κ2) is 8.61. The normalized spacial score (nSPS) is 12.5. The maximum absolute atomic E-state index is 6.58. The molecule has 0 bridgehead atoms. The van der Waals surface area contributed by atoms with Gasteiger partial charge in [0.2, 0.25) is 0 Å². The van der Waals surface area contributed by atoms with Gasteiger partial charge in [0.05, 0.1) is 19.9 Å². The quantitative estimate of drug-likeness (QED) is 0.562. The van der Waals surface area contributed by atoms with Crippen molar-refractivity contribution in [2.24, 2.45) is 17.4 Å². The van der Waals surface area contributed by atoms with Crippen molar-refractivity contribution in [2.45, 2.75) is 25.4 Å². The van der Waals surface area contributed by atoms with Gasteiger partial charge in [-0.2, -0.15) is 0 Å². The summed E-state index contributed by atoms with van der Waals surface area (Å²) in [6.07, 6.45) is 0. The Morgan fingerprint density at radius 1 is 0.792 bits per heavy atom.